The van der Waals surface area contributed by atoms with Crippen molar-refractivity contribution in [3.05, 3.63) is 64.7 Å². The predicted molar refractivity (Wildman–Crippen MR) is 128 cm³/mol. The second-order valence-electron chi connectivity index (χ2n) is 8.68. The van der Waals surface area contributed by atoms with Crippen molar-refractivity contribution in [1.29, 1.82) is 0 Å². The van der Waals surface area contributed by atoms with Gasteiger partial charge in [0.15, 0.2) is 0 Å². The number of amides is 1. The molecule has 3 rings (SSSR count). The molecular weight excluding hydrogens is 420 g/mol. The summed E-state index contributed by atoms with van der Waals surface area (Å²) in [5.41, 5.74) is 2.31. The number of carbonyl (C=O) groups is 2. The van der Waals surface area contributed by atoms with Crippen LogP contribution in [0.3, 0.4) is 0 Å². The van der Waals surface area contributed by atoms with Crippen LogP contribution in [0.4, 0.5) is 0 Å². The van der Waals surface area contributed by atoms with E-state index < -0.39 is 17.7 Å². The van der Waals surface area contributed by atoms with E-state index in [2.05, 4.69) is 13.8 Å². The third kappa shape index (κ3) is 4.88. The lowest BCUT2D eigenvalue weighted by atomic mass is 9.93. The highest BCUT2D eigenvalue weighted by Crippen LogP contribution is 2.41. The number of carbonyl (C=O) groups excluding carboxylic acids is 2. The standard InChI is InChI=1S/C26H32N2O5/c1-16(2)17-7-9-18(10-8-17)23-22(25(30)26(31)28(23)14-13-27(3)4)24(29)20-12-11-19(32-5)15-21(20)33-6/h7-12,15-16,23,29H,13-14H2,1-6H3/b24-22-. The molecule has 1 unspecified atom stereocenters. The molecule has 1 amide bonds. The van der Waals surface area contributed by atoms with Gasteiger partial charge in [0.2, 0.25) is 0 Å². The van der Waals surface area contributed by atoms with Crippen LogP contribution < -0.4 is 9.47 Å². The van der Waals surface area contributed by atoms with Crippen molar-refractivity contribution in [3.8, 4) is 11.5 Å². The highest BCUT2D eigenvalue weighted by molar-refractivity contribution is 6.46. The van der Waals surface area contributed by atoms with Crippen molar-refractivity contribution in [2.75, 3.05) is 41.4 Å². The zero-order valence-corrected chi connectivity index (χ0v) is 20.1. The van der Waals surface area contributed by atoms with E-state index in [4.69, 9.17) is 9.47 Å². The van der Waals surface area contributed by atoms with Crippen LogP contribution in [0.25, 0.3) is 5.76 Å². The fourth-order valence-corrected chi connectivity index (χ4v) is 3.97. The van der Waals surface area contributed by atoms with Crippen molar-refractivity contribution in [3.63, 3.8) is 0 Å². The van der Waals surface area contributed by atoms with Gasteiger partial charge in [-0.25, -0.2) is 0 Å². The van der Waals surface area contributed by atoms with Gasteiger partial charge in [0.05, 0.1) is 31.4 Å². The number of Topliss-reactive ketones (excluding diaryl/α,β-unsaturated/α-hetero) is 1. The Hall–Kier alpha value is -3.32. The highest BCUT2D eigenvalue weighted by atomic mass is 16.5. The first-order valence-corrected chi connectivity index (χ1v) is 10.9. The van der Waals surface area contributed by atoms with Gasteiger partial charge in [0.1, 0.15) is 17.3 Å². The van der Waals surface area contributed by atoms with Crippen LogP contribution >= 0.6 is 0 Å². The first kappa shape index (κ1) is 24.3. The number of nitrogens with zero attached hydrogens (tertiary/aromatic N) is 2. The Bertz CT molecular complexity index is 1060. The molecule has 1 N–H and O–H groups in total. The van der Waals surface area contributed by atoms with Crippen LogP contribution in [0.2, 0.25) is 0 Å². The van der Waals surface area contributed by atoms with Gasteiger partial charge < -0.3 is 24.4 Å². The van der Waals surface area contributed by atoms with Gasteiger partial charge in [0, 0.05) is 19.2 Å². The van der Waals surface area contributed by atoms with E-state index in [1.54, 1.807) is 18.2 Å². The summed E-state index contributed by atoms with van der Waals surface area (Å²) in [7, 11) is 6.82. The second-order valence-corrected chi connectivity index (χ2v) is 8.68. The maximum atomic E-state index is 13.2. The Morgan fingerprint density at radius 3 is 2.27 bits per heavy atom. The molecule has 2 aromatic carbocycles. The fraction of sp³-hybridized carbons (Fsp3) is 0.385. The lowest BCUT2D eigenvalue weighted by molar-refractivity contribution is -0.140. The zero-order chi connectivity index (χ0) is 24.3. The molecule has 1 saturated heterocycles. The van der Waals surface area contributed by atoms with Crippen LogP contribution in [0.15, 0.2) is 48.0 Å². The van der Waals surface area contributed by atoms with E-state index >= 15 is 0 Å². The van der Waals surface area contributed by atoms with Crippen molar-refractivity contribution in [2.24, 2.45) is 0 Å². The van der Waals surface area contributed by atoms with Crippen LogP contribution in [-0.2, 0) is 9.59 Å². The number of rotatable bonds is 8. The Morgan fingerprint density at radius 2 is 1.73 bits per heavy atom. The minimum atomic E-state index is -0.706. The molecule has 0 saturated carbocycles. The Morgan fingerprint density at radius 1 is 1.06 bits per heavy atom. The molecule has 33 heavy (non-hydrogen) atoms. The number of aliphatic hydroxyl groups is 1. The number of ketones is 1. The average Bonchev–Trinajstić information content (AvgIpc) is 3.06. The second kappa shape index (κ2) is 10.1. The molecule has 1 atom stereocenters. The predicted octanol–water partition coefficient (Wildman–Crippen LogP) is 3.81. The lowest BCUT2D eigenvalue weighted by Crippen LogP contribution is -2.35. The summed E-state index contributed by atoms with van der Waals surface area (Å²) in [4.78, 5) is 29.7. The lowest BCUT2D eigenvalue weighted by Gasteiger charge is -2.27. The largest absolute Gasteiger partial charge is 0.507 e. The molecule has 0 radical (unpaired) electrons. The number of likely N-dealkylation sites (N-methyl/N-ethyl adjacent to an activating group) is 1. The summed E-state index contributed by atoms with van der Waals surface area (Å²) < 4.78 is 10.7. The maximum Gasteiger partial charge on any atom is 0.295 e. The van der Waals surface area contributed by atoms with Gasteiger partial charge in [-0.2, -0.15) is 0 Å². The molecule has 7 nitrogen and oxygen atoms in total. The molecule has 0 aliphatic carbocycles. The summed E-state index contributed by atoms with van der Waals surface area (Å²) in [6, 6.07) is 12.1. The highest BCUT2D eigenvalue weighted by Gasteiger charge is 2.46. The van der Waals surface area contributed by atoms with Crippen LogP contribution in [0.1, 0.15) is 42.5 Å². The van der Waals surface area contributed by atoms with Gasteiger partial charge in [-0.15, -0.1) is 0 Å². The van der Waals surface area contributed by atoms with Crippen LogP contribution in [-0.4, -0.2) is 68.0 Å². The van der Waals surface area contributed by atoms with Gasteiger partial charge in [-0.05, 0) is 43.3 Å². The minimum absolute atomic E-state index is 0.0551. The van der Waals surface area contributed by atoms with Gasteiger partial charge >= 0.3 is 0 Å². The summed E-state index contributed by atoms with van der Waals surface area (Å²) in [5.74, 6) is -0.345. The number of methoxy groups -OCH3 is 2. The first-order chi connectivity index (χ1) is 15.7. The molecule has 7 heteroatoms. The first-order valence-electron chi connectivity index (χ1n) is 10.9. The quantitative estimate of drug-likeness (QED) is 0.373. The SMILES string of the molecule is COc1ccc(/C(O)=C2/C(=O)C(=O)N(CCN(C)C)C2c2ccc(C(C)C)cc2)c(OC)c1. The number of hydrogen-bond acceptors (Lipinski definition) is 6. The van der Waals surface area contributed by atoms with Gasteiger partial charge in [-0.1, -0.05) is 38.1 Å². The van der Waals surface area contributed by atoms with Crippen LogP contribution in [0.5, 0.6) is 11.5 Å². The van der Waals surface area contributed by atoms with E-state index in [0.717, 1.165) is 11.1 Å². The zero-order valence-electron chi connectivity index (χ0n) is 20.1. The van der Waals surface area contributed by atoms with Gasteiger partial charge in [0.25, 0.3) is 11.7 Å². The molecule has 1 aliphatic heterocycles. The third-order valence-corrected chi connectivity index (χ3v) is 5.91. The third-order valence-electron chi connectivity index (χ3n) is 5.91. The van der Waals surface area contributed by atoms with Crippen LogP contribution in [0, 0.1) is 0 Å². The number of likely N-dealkylation sites (tertiary alicyclic amines) is 1. The molecule has 1 aliphatic rings. The van der Waals surface area contributed by atoms with E-state index in [0.29, 0.717) is 36.1 Å². The topological polar surface area (TPSA) is 79.3 Å². The summed E-state index contributed by atoms with van der Waals surface area (Å²) in [5, 5.41) is 11.3. The number of hydrogen-bond donors (Lipinski definition) is 1. The Balaban J connectivity index is 2.18. The Labute approximate surface area is 195 Å². The maximum absolute atomic E-state index is 13.2. The van der Waals surface area contributed by atoms with Gasteiger partial charge in [-0.3, -0.25) is 9.59 Å². The summed E-state index contributed by atoms with van der Waals surface area (Å²) >= 11 is 0. The fourth-order valence-electron chi connectivity index (χ4n) is 3.97. The van der Waals surface area contributed by atoms with E-state index in [9.17, 15) is 14.7 Å². The summed E-state index contributed by atoms with van der Waals surface area (Å²) in [6.45, 7) is 5.15. The number of aliphatic hydroxyl groups excluding tert-OH is 1. The number of ether oxygens (including phenoxy) is 2. The smallest absolute Gasteiger partial charge is 0.295 e. The molecule has 1 fully saturated rings. The molecular formula is C26H32N2O5. The molecule has 176 valence electrons. The van der Waals surface area contributed by atoms with Crippen molar-refractivity contribution >= 4 is 17.4 Å². The summed E-state index contributed by atoms with van der Waals surface area (Å²) in [6.07, 6.45) is 0. The Kier molecular flexibility index (Phi) is 7.43. The van der Waals surface area contributed by atoms with Crippen molar-refractivity contribution in [2.45, 2.75) is 25.8 Å². The van der Waals surface area contributed by atoms with E-state index in [1.165, 1.54) is 19.1 Å². The van der Waals surface area contributed by atoms with E-state index in [1.807, 2.05) is 43.3 Å². The molecule has 0 bridgehead atoms. The monoisotopic (exact) mass is 452 g/mol. The van der Waals surface area contributed by atoms with E-state index in [-0.39, 0.29) is 11.3 Å². The molecule has 0 spiro atoms. The molecule has 1 heterocycles. The molecule has 0 aromatic heterocycles. The average molecular weight is 453 g/mol. The van der Waals surface area contributed by atoms with Crippen molar-refractivity contribution in [1.82, 2.24) is 9.80 Å². The molecule has 2 aromatic rings. The van der Waals surface area contributed by atoms with Crippen molar-refractivity contribution < 1.29 is 24.2 Å². The number of benzene rings is 2. The normalized spacial score (nSPS) is 17.8. The minimum Gasteiger partial charge on any atom is -0.507 e.